The van der Waals surface area contributed by atoms with Crippen LogP contribution in [-0.4, -0.2) is 30.3 Å². The minimum absolute atomic E-state index is 0.155. The summed E-state index contributed by atoms with van der Waals surface area (Å²) < 4.78 is 0. The van der Waals surface area contributed by atoms with Crippen molar-refractivity contribution in [2.45, 2.75) is 103 Å². The molecule has 5 nitrogen and oxygen atoms in total. The van der Waals surface area contributed by atoms with E-state index < -0.39 is 0 Å². The van der Waals surface area contributed by atoms with Crippen LogP contribution in [0.2, 0.25) is 0 Å². The van der Waals surface area contributed by atoms with Gasteiger partial charge in [-0.3, -0.25) is 4.79 Å². The van der Waals surface area contributed by atoms with E-state index in [0.29, 0.717) is 6.04 Å². The lowest BCUT2D eigenvalue weighted by atomic mass is 9.94. The monoisotopic (exact) mass is 495 g/mol. The summed E-state index contributed by atoms with van der Waals surface area (Å²) in [7, 11) is 0. The van der Waals surface area contributed by atoms with Gasteiger partial charge in [0.1, 0.15) is 6.29 Å². The van der Waals surface area contributed by atoms with Crippen molar-refractivity contribution in [2.24, 2.45) is 17.4 Å². The fourth-order valence-corrected chi connectivity index (χ4v) is 4.44. The molecule has 0 spiro atoms. The van der Waals surface area contributed by atoms with Crippen molar-refractivity contribution in [3.05, 3.63) is 72.4 Å². The van der Waals surface area contributed by atoms with Crippen molar-refractivity contribution >= 4 is 12.2 Å². The van der Waals surface area contributed by atoms with Crippen molar-refractivity contribution in [3.63, 3.8) is 0 Å². The molecule has 5 heteroatoms. The second kappa shape index (κ2) is 19.7. The summed E-state index contributed by atoms with van der Waals surface area (Å²) in [6.07, 6.45) is 20.2. The van der Waals surface area contributed by atoms with E-state index in [1.54, 1.807) is 0 Å². The van der Waals surface area contributed by atoms with Gasteiger partial charge < -0.3 is 21.6 Å². The zero-order valence-corrected chi connectivity index (χ0v) is 22.5. The van der Waals surface area contributed by atoms with Gasteiger partial charge in [-0.2, -0.15) is 0 Å². The smallest absolute Gasteiger partial charge is 0.234 e. The Hall–Kier alpha value is -2.50. The van der Waals surface area contributed by atoms with E-state index >= 15 is 0 Å². The lowest BCUT2D eigenvalue weighted by Crippen LogP contribution is -2.39. The molecule has 4 unspecified atom stereocenters. The van der Waals surface area contributed by atoms with E-state index in [-0.39, 0.29) is 23.9 Å². The highest BCUT2D eigenvalue weighted by Crippen LogP contribution is 2.20. The molecule has 0 radical (unpaired) electrons. The number of aldehydes is 1. The number of hydrogen-bond acceptors (Lipinski definition) is 4. The van der Waals surface area contributed by atoms with Crippen LogP contribution in [-0.2, 0) is 16.0 Å². The molecule has 2 rings (SSSR count). The molecule has 1 amide bonds. The molecule has 1 aliphatic heterocycles. The molecule has 0 bridgehead atoms. The van der Waals surface area contributed by atoms with Crippen LogP contribution in [0.15, 0.2) is 66.8 Å². The first-order chi connectivity index (χ1) is 17.4. The topological polar surface area (TPSA) is 98.2 Å². The maximum absolute atomic E-state index is 11.1. The van der Waals surface area contributed by atoms with Crippen LogP contribution in [0.4, 0.5) is 0 Å². The maximum Gasteiger partial charge on any atom is 0.234 e. The lowest BCUT2D eigenvalue weighted by molar-refractivity contribution is -0.119. The van der Waals surface area contributed by atoms with Gasteiger partial charge in [0, 0.05) is 18.0 Å². The van der Waals surface area contributed by atoms with E-state index in [0.717, 1.165) is 76.9 Å². The summed E-state index contributed by atoms with van der Waals surface area (Å²) in [6.45, 7) is 7.98. The Morgan fingerprint density at radius 1 is 1.17 bits per heavy atom. The molecule has 1 fully saturated rings. The van der Waals surface area contributed by atoms with E-state index in [9.17, 15) is 9.59 Å². The van der Waals surface area contributed by atoms with Crippen LogP contribution in [0.5, 0.6) is 0 Å². The summed E-state index contributed by atoms with van der Waals surface area (Å²) in [4.78, 5) is 22.2. The van der Waals surface area contributed by atoms with Crippen LogP contribution in [0.3, 0.4) is 0 Å². The first-order valence-corrected chi connectivity index (χ1v) is 13.7. The third kappa shape index (κ3) is 14.2. The van der Waals surface area contributed by atoms with Crippen molar-refractivity contribution in [1.82, 2.24) is 5.32 Å². The normalized spacial score (nSPS) is 19.4. The zero-order chi connectivity index (χ0) is 26.6. The first kappa shape index (κ1) is 31.5. The maximum atomic E-state index is 11.1. The van der Waals surface area contributed by atoms with Crippen molar-refractivity contribution < 1.29 is 9.59 Å². The molecule has 5 N–H and O–H groups in total. The van der Waals surface area contributed by atoms with E-state index in [2.05, 4.69) is 61.3 Å². The summed E-state index contributed by atoms with van der Waals surface area (Å²) in [5, 5.41) is 3.27. The van der Waals surface area contributed by atoms with Gasteiger partial charge >= 0.3 is 0 Å². The number of nitrogens with two attached hydrogens (primary N) is 2. The van der Waals surface area contributed by atoms with Crippen LogP contribution in [0.1, 0.15) is 83.6 Å². The molecule has 1 heterocycles. The molecule has 36 heavy (non-hydrogen) atoms. The van der Waals surface area contributed by atoms with Gasteiger partial charge in [0.05, 0.1) is 6.04 Å². The Morgan fingerprint density at radius 2 is 1.89 bits per heavy atom. The molecular weight excluding hydrogens is 446 g/mol. The van der Waals surface area contributed by atoms with Crippen molar-refractivity contribution in [2.75, 3.05) is 0 Å². The highest BCUT2D eigenvalue weighted by atomic mass is 16.1. The summed E-state index contributed by atoms with van der Waals surface area (Å²) in [6, 6.07) is 11.0. The number of benzene rings is 1. The van der Waals surface area contributed by atoms with Crippen LogP contribution in [0.25, 0.3) is 0 Å². The summed E-state index contributed by atoms with van der Waals surface area (Å²) >= 11 is 0. The predicted octanol–water partition coefficient (Wildman–Crippen LogP) is 5.79. The Kier molecular flexibility index (Phi) is 17.2. The highest BCUT2D eigenvalue weighted by Gasteiger charge is 2.26. The van der Waals surface area contributed by atoms with Gasteiger partial charge in [-0.05, 0) is 75.8 Å². The largest absolute Gasteiger partial charge is 0.368 e. The predicted molar refractivity (Wildman–Crippen MR) is 153 cm³/mol. The van der Waals surface area contributed by atoms with Crippen molar-refractivity contribution in [1.29, 1.82) is 0 Å². The van der Waals surface area contributed by atoms with Gasteiger partial charge in [-0.1, -0.05) is 81.0 Å². The molecule has 200 valence electrons. The number of hydrogen-bond donors (Lipinski definition) is 3. The minimum atomic E-state index is -0.254. The zero-order valence-electron chi connectivity index (χ0n) is 22.5. The lowest BCUT2D eigenvalue weighted by Gasteiger charge is -2.15. The van der Waals surface area contributed by atoms with E-state index in [4.69, 9.17) is 11.5 Å². The fourth-order valence-electron chi connectivity index (χ4n) is 4.44. The van der Waals surface area contributed by atoms with Gasteiger partial charge in [0.25, 0.3) is 0 Å². The number of allylic oxidation sites excluding steroid dienone is 5. The summed E-state index contributed by atoms with van der Waals surface area (Å²) in [5.41, 5.74) is 13.8. The number of carbonyl (C=O) groups is 2. The molecule has 0 aromatic heterocycles. The van der Waals surface area contributed by atoms with Crippen LogP contribution < -0.4 is 16.8 Å². The quantitative estimate of drug-likeness (QED) is 0.153. The number of carbonyl (C=O) groups excluding carboxylic acids is 2. The second-order valence-electron chi connectivity index (χ2n) is 9.77. The highest BCUT2D eigenvalue weighted by molar-refractivity contribution is 5.80. The van der Waals surface area contributed by atoms with Crippen molar-refractivity contribution in [3.8, 4) is 0 Å². The van der Waals surface area contributed by atoms with Crippen LogP contribution >= 0.6 is 0 Å². The molecule has 1 aliphatic rings. The molecule has 1 aromatic rings. The Balaban J connectivity index is 0.000000381. The van der Waals surface area contributed by atoms with Gasteiger partial charge in [0.2, 0.25) is 5.91 Å². The number of nitrogens with one attached hydrogen (secondary N) is 1. The first-order valence-electron chi connectivity index (χ1n) is 13.7. The van der Waals surface area contributed by atoms with E-state index in [1.807, 2.05) is 19.1 Å². The minimum Gasteiger partial charge on any atom is -0.368 e. The van der Waals surface area contributed by atoms with Gasteiger partial charge in [0.15, 0.2) is 0 Å². The second-order valence-corrected chi connectivity index (χ2v) is 9.77. The Labute approximate surface area is 219 Å². The molecule has 0 aliphatic carbocycles. The molecule has 1 saturated heterocycles. The third-order valence-electron chi connectivity index (χ3n) is 6.84. The summed E-state index contributed by atoms with van der Waals surface area (Å²) in [5.74, 6) is -0.0991. The third-order valence-corrected chi connectivity index (χ3v) is 6.84. The molecule has 4 atom stereocenters. The van der Waals surface area contributed by atoms with Gasteiger partial charge in [-0.25, -0.2) is 0 Å². The number of primary amides is 1. The average Bonchev–Trinajstić information content (AvgIpc) is 3.37. The SMILES string of the molecule is C=C/C(=C\C/C=C\C)Cc1ccccc1.CCC(N)CCCC(C=O)CCCC1CCC(C(N)=O)N1. The number of rotatable bonds is 16. The molecule has 0 saturated carbocycles. The van der Waals surface area contributed by atoms with Gasteiger partial charge in [-0.15, -0.1) is 0 Å². The fraction of sp³-hybridized carbons (Fsp3) is 0.548. The Bertz CT molecular complexity index is 803. The number of amides is 1. The molecular formula is C31H49N3O2. The average molecular weight is 496 g/mol. The molecule has 1 aromatic carbocycles. The standard InChI is InChI=1S/C16H31N3O2.C15H18/c1-2-13(17)7-3-5-12(11-20)6-4-8-14-9-10-15(19-14)16(18)21;1-3-5-7-10-14(4-2)13-15-11-8-6-9-12-15/h11-15,19H,2-10,17H2,1H3,(H2,18,21);3-6,8-12H,2,7,13H2,1H3/b;5-3-,14-10+. The van der Waals surface area contributed by atoms with Crippen LogP contribution in [0, 0.1) is 5.92 Å². The van der Waals surface area contributed by atoms with E-state index in [1.165, 1.54) is 11.1 Å². The Morgan fingerprint density at radius 3 is 2.47 bits per heavy atom.